The Labute approximate surface area is 181 Å². The van der Waals surface area contributed by atoms with Crippen LogP contribution in [0.25, 0.3) is 5.69 Å². The Kier molecular flexibility index (Phi) is 5.54. The van der Waals surface area contributed by atoms with Gasteiger partial charge in [-0.2, -0.15) is 10.4 Å². The summed E-state index contributed by atoms with van der Waals surface area (Å²) in [6.45, 7) is 2.09. The number of rotatable bonds is 6. The first kappa shape index (κ1) is 20.4. The minimum Gasteiger partial charge on any atom is -0.497 e. The average Bonchev–Trinajstić information content (AvgIpc) is 3.16. The summed E-state index contributed by atoms with van der Waals surface area (Å²) in [5.74, 6) is 1.39. The van der Waals surface area contributed by atoms with Gasteiger partial charge >= 0.3 is 0 Å². The lowest BCUT2D eigenvalue weighted by molar-refractivity contribution is 0.363. The van der Waals surface area contributed by atoms with Gasteiger partial charge in [0.15, 0.2) is 0 Å². The third kappa shape index (κ3) is 3.46. The van der Waals surface area contributed by atoms with Crippen LogP contribution in [-0.2, 0) is 6.42 Å². The van der Waals surface area contributed by atoms with Gasteiger partial charge in [0.05, 0.1) is 37.1 Å². The van der Waals surface area contributed by atoms with Gasteiger partial charge in [-0.3, -0.25) is 0 Å². The molecule has 31 heavy (non-hydrogen) atoms. The van der Waals surface area contributed by atoms with Crippen LogP contribution in [0.3, 0.4) is 0 Å². The number of para-hydroxylation sites is 1. The fraction of sp³-hybridized carbons (Fsp3) is 0.250. The molecule has 0 fully saturated rings. The number of nitrogens with two attached hydrogens (primary N) is 1. The molecule has 1 aliphatic heterocycles. The minimum absolute atomic E-state index is 0.0676. The highest BCUT2D eigenvalue weighted by molar-refractivity contribution is 5.60. The van der Waals surface area contributed by atoms with Gasteiger partial charge in [0.1, 0.15) is 23.1 Å². The maximum atomic E-state index is 9.97. The number of fused-ring (bicyclic) bond motifs is 1. The Hall–Kier alpha value is -3.92. The molecule has 4 rings (SSSR count). The lowest BCUT2D eigenvalue weighted by Crippen LogP contribution is -2.22. The molecule has 0 amide bonds. The number of methoxy groups -OCH3 is 2. The summed E-state index contributed by atoms with van der Waals surface area (Å²) in [6.07, 6.45) is 1.63. The third-order valence-electron chi connectivity index (χ3n) is 5.36. The average molecular weight is 416 g/mol. The van der Waals surface area contributed by atoms with Crippen molar-refractivity contribution in [2.75, 3.05) is 14.2 Å². The smallest absolute Gasteiger partial charge is 0.229 e. The zero-order chi connectivity index (χ0) is 22.0. The van der Waals surface area contributed by atoms with Crippen LogP contribution in [0, 0.1) is 11.3 Å². The number of nitrogens with zero attached hydrogens (tertiary/aromatic N) is 3. The van der Waals surface area contributed by atoms with Crippen LogP contribution in [0.15, 0.2) is 60.0 Å². The van der Waals surface area contributed by atoms with Crippen molar-refractivity contribution >= 4 is 0 Å². The molecular weight excluding hydrogens is 392 g/mol. The molecule has 2 N–H and O–H groups in total. The van der Waals surface area contributed by atoms with Gasteiger partial charge in [0, 0.05) is 11.6 Å². The Morgan fingerprint density at radius 2 is 1.94 bits per heavy atom. The standard InChI is InChI=1S/C24H24N4O3/c1-4-8-19-22-21(17-12-11-16(29-2)13-20(17)30-3)18(14-25)23(26)31-24(22)28(27-19)15-9-6-5-7-10-15/h5-7,9-13,21H,4,8,26H2,1-3H3/t21-/m0/s1. The lowest BCUT2D eigenvalue weighted by atomic mass is 9.83. The molecule has 0 radical (unpaired) electrons. The fourth-order valence-corrected chi connectivity index (χ4v) is 3.94. The zero-order valence-corrected chi connectivity index (χ0v) is 17.8. The highest BCUT2D eigenvalue weighted by atomic mass is 16.5. The number of allylic oxidation sites excluding steroid dienone is 1. The van der Waals surface area contributed by atoms with Crippen molar-refractivity contribution in [1.82, 2.24) is 9.78 Å². The van der Waals surface area contributed by atoms with Crippen LogP contribution >= 0.6 is 0 Å². The molecule has 7 heteroatoms. The number of hydrogen-bond acceptors (Lipinski definition) is 6. The highest BCUT2D eigenvalue weighted by Gasteiger charge is 2.38. The van der Waals surface area contributed by atoms with Crippen molar-refractivity contribution in [2.45, 2.75) is 25.7 Å². The lowest BCUT2D eigenvalue weighted by Gasteiger charge is -2.26. The SMILES string of the molecule is CCCc1nn(-c2ccccc2)c2c1[C@@H](c1ccc(OC)cc1OC)C(C#N)=C(N)O2. The number of nitriles is 1. The summed E-state index contributed by atoms with van der Waals surface area (Å²) in [4.78, 5) is 0. The molecular formula is C24H24N4O3. The van der Waals surface area contributed by atoms with E-state index in [1.54, 1.807) is 25.0 Å². The molecule has 0 saturated carbocycles. The highest BCUT2D eigenvalue weighted by Crippen LogP contribution is 2.47. The van der Waals surface area contributed by atoms with Crippen molar-refractivity contribution in [2.24, 2.45) is 5.73 Å². The largest absolute Gasteiger partial charge is 0.497 e. The summed E-state index contributed by atoms with van der Waals surface area (Å²) in [7, 11) is 3.20. The van der Waals surface area contributed by atoms with Crippen molar-refractivity contribution in [3.05, 3.63) is 76.8 Å². The molecule has 3 aromatic rings. The van der Waals surface area contributed by atoms with E-state index < -0.39 is 5.92 Å². The maximum absolute atomic E-state index is 9.97. The Morgan fingerprint density at radius 3 is 2.58 bits per heavy atom. The van der Waals surface area contributed by atoms with Gasteiger partial charge in [0.25, 0.3) is 0 Å². The van der Waals surface area contributed by atoms with Crippen LogP contribution in [0.4, 0.5) is 0 Å². The number of ether oxygens (including phenoxy) is 3. The van der Waals surface area contributed by atoms with Crippen LogP contribution in [0.1, 0.15) is 36.1 Å². The normalized spacial score (nSPS) is 15.1. The van der Waals surface area contributed by atoms with Crippen molar-refractivity contribution in [3.63, 3.8) is 0 Å². The first-order valence-corrected chi connectivity index (χ1v) is 10.1. The van der Waals surface area contributed by atoms with Gasteiger partial charge in [-0.05, 0) is 24.6 Å². The first-order valence-electron chi connectivity index (χ1n) is 10.1. The number of aromatic nitrogens is 2. The maximum Gasteiger partial charge on any atom is 0.229 e. The summed E-state index contributed by atoms with van der Waals surface area (Å²) >= 11 is 0. The van der Waals surface area contributed by atoms with E-state index in [2.05, 4.69) is 13.0 Å². The zero-order valence-electron chi connectivity index (χ0n) is 17.8. The van der Waals surface area contributed by atoms with E-state index >= 15 is 0 Å². The topological polar surface area (TPSA) is 95.3 Å². The summed E-state index contributed by atoms with van der Waals surface area (Å²) < 4.78 is 18.7. The molecule has 0 aliphatic carbocycles. The van der Waals surface area contributed by atoms with Gasteiger partial charge in [0.2, 0.25) is 11.8 Å². The van der Waals surface area contributed by atoms with E-state index in [0.29, 0.717) is 23.0 Å². The molecule has 0 spiro atoms. The molecule has 158 valence electrons. The van der Waals surface area contributed by atoms with Gasteiger partial charge in [-0.1, -0.05) is 37.6 Å². The number of aryl methyl sites for hydroxylation is 1. The third-order valence-corrected chi connectivity index (χ3v) is 5.36. The summed E-state index contributed by atoms with van der Waals surface area (Å²) in [6, 6.07) is 17.5. The molecule has 2 heterocycles. The van der Waals surface area contributed by atoms with Gasteiger partial charge in [-0.25, -0.2) is 4.68 Å². The van der Waals surface area contributed by atoms with Crippen LogP contribution in [0.2, 0.25) is 0 Å². The predicted molar refractivity (Wildman–Crippen MR) is 116 cm³/mol. The molecule has 2 aromatic carbocycles. The van der Waals surface area contributed by atoms with Crippen molar-refractivity contribution in [3.8, 4) is 29.1 Å². The van der Waals surface area contributed by atoms with E-state index in [0.717, 1.165) is 35.3 Å². The second-order valence-corrected chi connectivity index (χ2v) is 7.20. The molecule has 1 atom stereocenters. The number of benzene rings is 2. The summed E-state index contributed by atoms with van der Waals surface area (Å²) in [5.41, 5.74) is 9.93. The molecule has 1 aliphatic rings. The van der Waals surface area contributed by atoms with Gasteiger partial charge < -0.3 is 19.9 Å². The Bertz CT molecular complexity index is 1180. The number of hydrogen-bond donors (Lipinski definition) is 1. The molecule has 7 nitrogen and oxygen atoms in total. The van der Waals surface area contributed by atoms with E-state index in [9.17, 15) is 5.26 Å². The van der Waals surface area contributed by atoms with Crippen LogP contribution < -0.4 is 19.9 Å². The Balaban J connectivity index is 2.00. The fourth-order valence-electron chi connectivity index (χ4n) is 3.94. The second kappa shape index (κ2) is 8.44. The minimum atomic E-state index is -0.464. The predicted octanol–water partition coefficient (Wildman–Crippen LogP) is 4.06. The van der Waals surface area contributed by atoms with Gasteiger partial charge in [-0.15, -0.1) is 0 Å². The van der Waals surface area contributed by atoms with E-state index in [1.807, 2.05) is 42.5 Å². The van der Waals surface area contributed by atoms with Crippen molar-refractivity contribution < 1.29 is 14.2 Å². The second-order valence-electron chi connectivity index (χ2n) is 7.20. The Morgan fingerprint density at radius 1 is 1.16 bits per heavy atom. The summed E-state index contributed by atoms with van der Waals surface area (Å²) in [5, 5.41) is 14.8. The molecule has 0 bridgehead atoms. The first-order chi connectivity index (χ1) is 15.1. The molecule has 0 unspecified atom stereocenters. The van der Waals surface area contributed by atoms with E-state index in [-0.39, 0.29) is 5.88 Å². The van der Waals surface area contributed by atoms with E-state index in [1.165, 1.54) is 0 Å². The molecule has 0 saturated heterocycles. The van der Waals surface area contributed by atoms with Crippen LogP contribution in [0.5, 0.6) is 17.4 Å². The monoisotopic (exact) mass is 416 g/mol. The van der Waals surface area contributed by atoms with Crippen molar-refractivity contribution in [1.29, 1.82) is 5.26 Å². The quantitative estimate of drug-likeness (QED) is 0.651. The van der Waals surface area contributed by atoms with Crippen LogP contribution in [-0.4, -0.2) is 24.0 Å². The molecule has 1 aromatic heterocycles. The van der Waals surface area contributed by atoms with E-state index in [4.69, 9.17) is 25.0 Å².